The maximum Gasteiger partial charge on any atom is 0.407 e. The van der Waals surface area contributed by atoms with Crippen LogP contribution in [0.2, 0.25) is 45.3 Å². The molecule has 33 heavy (non-hydrogen) atoms. The molecule has 1 N–H and O–H groups in total. The fourth-order valence-corrected chi connectivity index (χ4v) is 17.1. The fourth-order valence-electron chi connectivity index (χ4n) is 3.43. The highest BCUT2D eigenvalue weighted by Gasteiger charge is 2.43. The summed E-state index contributed by atoms with van der Waals surface area (Å²) in [7, 11) is -6.47. The van der Waals surface area contributed by atoms with Crippen molar-refractivity contribution in [3.63, 3.8) is 0 Å². The summed E-state index contributed by atoms with van der Waals surface area (Å²) < 4.78 is 30.1. The molecule has 1 fully saturated rings. The van der Waals surface area contributed by atoms with Gasteiger partial charge in [0.05, 0.1) is 6.61 Å². The van der Waals surface area contributed by atoms with Crippen molar-refractivity contribution in [3.8, 4) is 0 Å². The number of rotatable bonds is 18. The Balaban J connectivity index is 2.26. The van der Waals surface area contributed by atoms with Gasteiger partial charge in [-0.3, -0.25) is 4.90 Å². The van der Waals surface area contributed by atoms with Crippen molar-refractivity contribution in [2.45, 2.75) is 90.2 Å². The normalized spacial score (nSPS) is 17.6. The number of alkyl carbamates (subject to hydrolysis) is 1. The third-order valence-corrected chi connectivity index (χ3v) is 16.2. The molecule has 0 spiro atoms. The molecule has 0 radical (unpaired) electrons. The highest BCUT2D eigenvalue weighted by Crippen LogP contribution is 2.29. The summed E-state index contributed by atoms with van der Waals surface area (Å²) in [5.74, 6) is 0. The first kappa shape index (κ1) is 31.1. The summed E-state index contributed by atoms with van der Waals surface area (Å²) in [4.78, 5) is 14.1. The van der Waals surface area contributed by atoms with Crippen LogP contribution >= 0.6 is 12.0 Å². The van der Waals surface area contributed by atoms with E-state index in [9.17, 15) is 4.79 Å². The Morgan fingerprint density at radius 2 is 1.67 bits per heavy atom. The molecule has 0 aromatic heterocycles. The van der Waals surface area contributed by atoms with E-state index in [-0.39, 0.29) is 12.7 Å². The molecule has 0 aromatic carbocycles. The van der Waals surface area contributed by atoms with Crippen LogP contribution in [0.15, 0.2) is 0 Å². The Labute approximate surface area is 209 Å². The average Bonchev–Trinajstić information content (AvgIpc) is 3.49. The molecular formula is C21H48N2O6SSi3. The summed E-state index contributed by atoms with van der Waals surface area (Å²) in [5.41, 5.74) is 0. The minimum Gasteiger partial charge on any atom is -0.447 e. The third kappa shape index (κ3) is 16.4. The maximum absolute atomic E-state index is 11.8. The van der Waals surface area contributed by atoms with E-state index in [0.29, 0.717) is 31.1 Å². The van der Waals surface area contributed by atoms with Crippen molar-refractivity contribution in [2.24, 2.45) is 0 Å². The monoisotopic (exact) mass is 540 g/mol. The van der Waals surface area contributed by atoms with Gasteiger partial charge in [0, 0.05) is 37.5 Å². The van der Waals surface area contributed by atoms with E-state index in [1.165, 1.54) is 25.1 Å². The topological polar surface area (TPSA) is 78.3 Å². The van der Waals surface area contributed by atoms with Gasteiger partial charge in [-0.15, -0.1) is 0 Å². The van der Waals surface area contributed by atoms with Gasteiger partial charge in [0.25, 0.3) is 0 Å². The summed E-state index contributed by atoms with van der Waals surface area (Å²) in [6, 6.07) is 1.37. The van der Waals surface area contributed by atoms with E-state index in [1.807, 2.05) is 0 Å². The minimum absolute atomic E-state index is 0.254. The highest BCUT2D eigenvalue weighted by atomic mass is 32.2. The lowest BCUT2D eigenvalue weighted by atomic mass is 10.2. The third-order valence-electron chi connectivity index (χ3n) is 4.74. The number of hydrogen-bond acceptors (Lipinski definition) is 8. The van der Waals surface area contributed by atoms with Crippen LogP contribution in [0.1, 0.15) is 33.6 Å². The van der Waals surface area contributed by atoms with Crippen LogP contribution < -0.4 is 5.32 Å². The molecule has 1 amide bonds. The second-order valence-corrected chi connectivity index (χ2v) is 23.8. The van der Waals surface area contributed by atoms with Gasteiger partial charge < -0.3 is 26.9 Å². The van der Waals surface area contributed by atoms with Crippen molar-refractivity contribution < 1.29 is 26.4 Å². The predicted octanol–water partition coefficient (Wildman–Crippen LogP) is 4.93. The number of nitrogens with one attached hydrogen (secondary N) is 1. The Morgan fingerprint density at radius 3 is 2.24 bits per heavy atom. The lowest BCUT2D eigenvalue weighted by Gasteiger charge is -2.39. The first-order chi connectivity index (χ1) is 15.2. The lowest BCUT2D eigenvalue weighted by molar-refractivity contribution is 0.0724. The maximum atomic E-state index is 11.8. The van der Waals surface area contributed by atoms with Crippen LogP contribution in [0.4, 0.5) is 4.79 Å². The fraction of sp³-hybridized carbons (Fsp3) is 0.952. The van der Waals surface area contributed by atoms with Gasteiger partial charge in [0.1, 0.15) is 6.61 Å². The molecular weight excluding hydrogens is 493 g/mol. The zero-order valence-electron chi connectivity index (χ0n) is 22.3. The molecule has 8 nitrogen and oxygen atoms in total. The van der Waals surface area contributed by atoms with Crippen LogP contribution in [0.5, 0.6) is 0 Å². The number of hydrogen-bond donors (Lipinski definition) is 1. The largest absolute Gasteiger partial charge is 0.447 e. The van der Waals surface area contributed by atoms with Gasteiger partial charge in [-0.1, -0.05) is 13.8 Å². The van der Waals surface area contributed by atoms with Gasteiger partial charge >= 0.3 is 23.2 Å². The molecule has 0 aromatic rings. The lowest BCUT2D eigenvalue weighted by Crippen LogP contribution is -2.54. The van der Waals surface area contributed by atoms with E-state index in [1.54, 1.807) is 0 Å². The first-order valence-electron chi connectivity index (χ1n) is 12.2. The Kier molecular flexibility index (Phi) is 13.7. The Hall–Kier alpha value is 0.0706. The zero-order valence-corrected chi connectivity index (χ0v) is 26.1. The van der Waals surface area contributed by atoms with Crippen molar-refractivity contribution in [1.82, 2.24) is 10.2 Å². The molecule has 12 heteroatoms. The molecule has 1 saturated heterocycles. The van der Waals surface area contributed by atoms with Crippen LogP contribution in [0.3, 0.4) is 0 Å². The van der Waals surface area contributed by atoms with Gasteiger partial charge in [-0.05, 0) is 77.1 Å². The predicted molar refractivity (Wildman–Crippen MR) is 144 cm³/mol. The molecule has 2 atom stereocenters. The second-order valence-electron chi connectivity index (χ2n) is 10.5. The van der Waals surface area contributed by atoms with Gasteiger partial charge in [0.15, 0.2) is 8.32 Å². The summed E-state index contributed by atoms with van der Waals surface area (Å²) >= 11 is 1.49. The molecule has 0 saturated carbocycles. The summed E-state index contributed by atoms with van der Waals surface area (Å²) in [6.07, 6.45) is 1.41. The standard InChI is InChI=1S/C21H48N2O6SSi3/c1-19(2)30-27-32(7,8)29-33(9,28-31(4,5)6)18-10-15-25-16-17-26-21(24)22-12-11-20(3)23-13-14-23/h19-20H,10-18H2,1-9H3,(H,22,24). The van der Waals surface area contributed by atoms with E-state index < -0.39 is 25.4 Å². The molecule has 0 bridgehead atoms. The van der Waals surface area contributed by atoms with E-state index in [4.69, 9.17) is 21.6 Å². The SMILES string of the molecule is CC(C)SO[Si](C)(C)O[Si](C)(CCCOCCOC(=O)NCCC(C)N1CC1)O[Si](C)(C)C. The van der Waals surface area contributed by atoms with Crippen LogP contribution in [-0.4, -0.2) is 87.2 Å². The number of ether oxygens (including phenoxy) is 2. The molecule has 1 aliphatic heterocycles. The van der Waals surface area contributed by atoms with Gasteiger partial charge in [0.2, 0.25) is 0 Å². The van der Waals surface area contributed by atoms with E-state index >= 15 is 0 Å². The molecule has 1 aliphatic rings. The number of nitrogens with zero attached hydrogens (tertiary/aromatic N) is 1. The Morgan fingerprint density at radius 1 is 1.00 bits per heavy atom. The minimum atomic E-state index is -2.40. The number of amides is 1. The summed E-state index contributed by atoms with van der Waals surface area (Å²) in [6.45, 7) is 23.5. The van der Waals surface area contributed by atoms with Crippen LogP contribution in [-0.2, 0) is 21.6 Å². The highest BCUT2D eigenvalue weighted by molar-refractivity contribution is 7.96. The molecule has 1 heterocycles. The number of carbonyl (C=O) groups excluding carboxylic acids is 1. The van der Waals surface area contributed by atoms with Crippen LogP contribution in [0, 0.1) is 0 Å². The van der Waals surface area contributed by atoms with Crippen molar-refractivity contribution in [2.75, 3.05) is 39.5 Å². The summed E-state index contributed by atoms with van der Waals surface area (Å²) in [5, 5.41) is 3.20. The van der Waals surface area contributed by atoms with E-state index in [0.717, 1.165) is 18.9 Å². The average molecular weight is 541 g/mol. The number of carbonyl (C=O) groups is 1. The van der Waals surface area contributed by atoms with Gasteiger partial charge in [-0.25, -0.2) is 4.79 Å². The van der Waals surface area contributed by atoms with Gasteiger partial charge in [-0.2, -0.15) is 0 Å². The quantitative estimate of drug-likeness (QED) is 0.113. The van der Waals surface area contributed by atoms with E-state index in [2.05, 4.69) is 70.3 Å². The van der Waals surface area contributed by atoms with Crippen LogP contribution in [0.25, 0.3) is 0 Å². The molecule has 0 aliphatic carbocycles. The zero-order chi connectivity index (χ0) is 25.1. The first-order valence-corrected chi connectivity index (χ1v) is 21.7. The second kappa shape index (κ2) is 14.6. The molecule has 2 unspecified atom stereocenters. The van der Waals surface area contributed by atoms with Crippen molar-refractivity contribution in [1.29, 1.82) is 0 Å². The molecule has 196 valence electrons. The smallest absolute Gasteiger partial charge is 0.407 e. The Bertz CT molecular complexity index is 579. The van der Waals surface area contributed by atoms with Crippen molar-refractivity contribution >= 4 is 43.6 Å². The van der Waals surface area contributed by atoms with Crippen molar-refractivity contribution in [3.05, 3.63) is 0 Å². The molecule has 1 rings (SSSR count).